The Bertz CT molecular complexity index is 432. The van der Waals surface area contributed by atoms with Crippen LogP contribution in [0.3, 0.4) is 0 Å². The Hall–Kier alpha value is -1.31. The number of carboxylic acid groups (broad SMARTS) is 1. The van der Waals surface area contributed by atoms with E-state index < -0.39 is 33.9 Å². The number of sulfone groups is 1. The van der Waals surface area contributed by atoms with Gasteiger partial charge in [0, 0.05) is 6.04 Å². The van der Waals surface area contributed by atoms with E-state index in [1.807, 2.05) is 0 Å². The second-order valence-corrected chi connectivity index (χ2v) is 6.23. The van der Waals surface area contributed by atoms with Gasteiger partial charge in [0.25, 0.3) is 0 Å². The van der Waals surface area contributed by atoms with E-state index in [4.69, 9.17) is 5.11 Å². The van der Waals surface area contributed by atoms with E-state index in [1.54, 1.807) is 0 Å². The van der Waals surface area contributed by atoms with Crippen LogP contribution < -0.4 is 5.32 Å². The smallest absolute Gasteiger partial charge is 0.328 e. The van der Waals surface area contributed by atoms with E-state index in [2.05, 4.69) is 5.32 Å². The summed E-state index contributed by atoms with van der Waals surface area (Å²) in [6.45, 7) is 0.0325. The van der Waals surface area contributed by atoms with Gasteiger partial charge >= 0.3 is 12.0 Å². The number of aliphatic carboxylic acids is 1. The summed E-state index contributed by atoms with van der Waals surface area (Å²) < 4.78 is 22.6. The highest BCUT2D eigenvalue weighted by Crippen LogP contribution is 2.22. The number of amides is 2. The zero-order valence-corrected chi connectivity index (χ0v) is 9.24. The summed E-state index contributed by atoms with van der Waals surface area (Å²) in [5.41, 5.74) is 0. The third-order valence-electron chi connectivity index (χ3n) is 2.90. The van der Waals surface area contributed by atoms with E-state index in [9.17, 15) is 18.0 Å². The third kappa shape index (κ3) is 1.84. The maximum Gasteiger partial charge on any atom is 0.328 e. The highest BCUT2D eigenvalue weighted by Gasteiger charge is 2.44. The van der Waals surface area contributed by atoms with Crippen LogP contribution in [0.15, 0.2) is 0 Å². The molecule has 2 aliphatic heterocycles. The Morgan fingerprint density at radius 3 is 2.69 bits per heavy atom. The molecule has 0 aromatic rings. The van der Waals surface area contributed by atoms with E-state index >= 15 is 0 Å². The van der Waals surface area contributed by atoms with E-state index in [1.165, 1.54) is 0 Å². The predicted molar refractivity (Wildman–Crippen MR) is 53.7 cm³/mol. The molecule has 2 N–H and O–H groups in total. The number of carbonyl (C=O) groups excluding carboxylic acids is 1. The number of hydrogen-bond donors (Lipinski definition) is 2. The average molecular weight is 248 g/mol. The zero-order valence-electron chi connectivity index (χ0n) is 8.42. The van der Waals surface area contributed by atoms with Crippen LogP contribution in [0.5, 0.6) is 0 Å². The van der Waals surface area contributed by atoms with Crippen molar-refractivity contribution in [2.24, 2.45) is 0 Å². The van der Waals surface area contributed by atoms with Gasteiger partial charge in [-0.3, -0.25) is 0 Å². The molecule has 90 valence electrons. The first-order valence-electron chi connectivity index (χ1n) is 4.90. The maximum absolute atomic E-state index is 11.4. The van der Waals surface area contributed by atoms with Crippen LogP contribution in [0, 0.1) is 0 Å². The molecule has 8 heteroatoms. The van der Waals surface area contributed by atoms with Gasteiger partial charge in [-0.1, -0.05) is 0 Å². The van der Waals surface area contributed by atoms with Crippen LogP contribution in [0.25, 0.3) is 0 Å². The molecule has 2 atom stereocenters. The molecule has 0 saturated carbocycles. The summed E-state index contributed by atoms with van der Waals surface area (Å²) in [5, 5.41) is 11.3. The number of hydrogen-bond acceptors (Lipinski definition) is 4. The Kier molecular flexibility index (Phi) is 2.53. The Balaban J connectivity index is 2.19. The first-order valence-corrected chi connectivity index (χ1v) is 6.72. The number of rotatable bonds is 2. The van der Waals surface area contributed by atoms with Crippen LogP contribution in [0.4, 0.5) is 4.79 Å². The standard InChI is InChI=1S/C8H12N2O5S/c11-7(12)6-3-9-8(13)10(6)5-1-2-16(14,15)4-5/h5-6H,1-4H2,(H,9,13)(H,11,12). The second kappa shape index (κ2) is 3.62. The fourth-order valence-corrected chi connectivity index (χ4v) is 3.85. The highest BCUT2D eigenvalue weighted by molar-refractivity contribution is 7.91. The Morgan fingerprint density at radius 1 is 1.50 bits per heavy atom. The average Bonchev–Trinajstić information content (AvgIpc) is 2.69. The van der Waals surface area contributed by atoms with Gasteiger partial charge in [0.1, 0.15) is 6.04 Å². The summed E-state index contributed by atoms with van der Waals surface area (Å²) in [7, 11) is -3.12. The summed E-state index contributed by atoms with van der Waals surface area (Å²) in [6, 6.07) is -1.95. The summed E-state index contributed by atoms with van der Waals surface area (Å²) in [6.07, 6.45) is 0.319. The molecule has 2 unspecified atom stereocenters. The topological polar surface area (TPSA) is 104 Å². The fourth-order valence-electron chi connectivity index (χ4n) is 2.14. The van der Waals surface area contributed by atoms with Crippen molar-refractivity contribution in [1.82, 2.24) is 10.2 Å². The molecule has 0 bridgehead atoms. The van der Waals surface area contributed by atoms with Crippen molar-refractivity contribution in [3.05, 3.63) is 0 Å². The van der Waals surface area contributed by atoms with Crippen molar-refractivity contribution < 1.29 is 23.1 Å². The van der Waals surface area contributed by atoms with Gasteiger partial charge in [0.05, 0.1) is 18.1 Å². The summed E-state index contributed by atoms with van der Waals surface area (Å²) in [5.74, 6) is -1.22. The molecular formula is C8H12N2O5S. The Morgan fingerprint density at radius 2 is 2.19 bits per heavy atom. The summed E-state index contributed by atoms with van der Waals surface area (Å²) >= 11 is 0. The fraction of sp³-hybridized carbons (Fsp3) is 0.750. The molecule has 2 aliphatic rings. The van der Waals surface area contributed by atoms with Gasteiger partial charge in [0.15, 0.2) is 9.84 Å². The number of carboxylic acids is 1. The largest absolute Gasteiger partial charge is 0.480 e. The lowest BCUT2D eigenvalue weighted by atomic mass is 10.2. The first-order chi connectivity index (χ1) is 7.41. The minimum absolute atomic E-state index is 0.0216. The monoisotopic (exact) mass is 248 g/mol. The Labute approximate surface area is 92.3 Å². The van der Waals surface area contributed by atoms with Crippen LogP contribution in [0.1, 0.15) is 6.42 Å². The third-order valence-corrected chi connectivity index (χ3v) is 4.65. The van der Waals surface area contributed by atoms with Gasteiger partial charge < -0.3 is 15.3 Å². The van der Waals surface area contributed by atoms with Crippen LogP contribution >= 0.6 is 0 Å². The number of nitrogens with zero attached hydrogens (tertiary/aromatic N) is 1. The lowest BCUT2D eigenvalue weighted by Gasteiger charge is -2.25. The molecule has 0 spiro atoms. The quantitative estimate of drug-likeness (QED) is 0.629. The molecule has 0 aromatic heterocycles. The highest BCUT2D eigenvalue weighted by atomic mass is 32.2. The number of carbonyl (C=O) groups is 2. The van der Waals surface area contributed by atoms with Crippen molar-refractivity contribution in [1.29, 1.82) is 0 Å². The lowest BCUT2D eigenvalue weighted by molar-refractivity contribution is -0.141. The van der Waals surface area contributed by atoms with Gasteiger partial charge in [0.2, 0.25) is 0 Å². The predicted octanol–water partition coefficient (Wildman–Crippen LogP) is -1.35. The van der Waals surface area contributed by atoms with Crippen molar-refractivity contribution in [2.75, 3.05) is 18.1 Å². The molecule has 2 rings (SSSR count). The van der Waals surface area contributed by atoms with Gasteiger partial charge in [-0.25, -0.2) is 18.0 Å². The van der Waals surface area contributed by atoms with E-state index in [-0.39, 0.29) is 18.1 Å². The van der Waals surface area contributed by atoms with E-state index in [0.29, 0.717) is 6.42 Å². The lowest BCUT2D eigenvalue weighted by Crippen LogP contribution is -2.46. The SMILES string of the molecule is O=C(O)C1CNC(=O)N1C1CCS(=O)(=O)C1. The molecule has 2 amide bonds. The molecular weight excluding hydrogens is 236 g/mol. The van der Waals surface area contributed by atoms with E-state index in [0.717, 1.165) is 4.90 Å². The second-order valence-electron chi connectivity index (χ2n) is 4.00. The van der Waals surface area contributed by atoms with Crippen LogP contribution in [-0.4, -0.2) is 60.6 Å². The zero-order chi connectivity index (χ0) is 11.9. The minimum Gasteiger partial charge on any atom is -0.480 e. The first kappa shape index (κ1) is 11.2. The molecule has 0 aliphatic carbocycles. The molecule has 7 nitrogen and oxygen atoms in total. The minimum atomic E-state index is -3.12. The molecule has 0 radical (unpaired) electrons. The molecule has 2 saturated heterocycles. The molecule has 2 heterocycles. The van der Waals surface area contributed by atoms with Gasteiger partial charge in [-0.15, -0.1) is 0 Å². The van der Waals surface area contributed by atoms with Crippen molar-refractivity contribution in [2.45, 2.75) is 18.5 Å². The van der Waals surface area contributed by atoms with Crippen molar-refractivity contribution >= 4 is 21.8 Å². The normalized spacial score (nSPS) is 32.8. The number of nitrogens with one attached hydrogen (secondary N) is 1. The molecule has 16 heavy (non-hydrogen) atoms. The summed E-state index contributed by atoms with van der Waals surface area (Å²) in [4.78, 5) is 23.5. The van der Waals surface area contributed by atoms with Gasteiger partial charge in [-0.05, 0) is 6.42 Å². The maximum atomic E-state index is 11.4. The van der Waals surface area contributed by atoms with Gasteiger partial charge in [-0.2, -0.15) is 0 Å². The van der Waals surface area contributed by atoms with Crippen LogP contribution in [-0.2, 0) is 14.6 Å². The molecule has 2 fully saturated rings. The molecule has 0 aromatic carbocycles. The number of urea groups is 1. The van der Waals surface area contributed by atoms with Crippen molar-refractivity contribution in [3.8, 4) is 0 Å². The van der Waals surface area contributed by atoms with Crippen LogP contribution in [0.2, 0.25) is 0 Å². The van der Waals surface area contributed by atoms with Crippen molar-refractivity contribution in [3.63, 3.8) is 0 Å².